The third-order valence-corrected chi connectivity index (χ3v) is 4.03. The van der Waals surface area contributed by atoms with Crippen LogP contribution >= 0.6 is 39.1 Å². The molecule has 0 atom stereocenters. The second-order valence-electron chi connectivity index (χ2n) is 4.57. The van der Waals surface area contributed by atoms with Crippen LogP contribution in [-0.2, 0) is 11.3 Å². The van der Waals surface area contributed by atoms with E-state index in [0.717, 1.165) is 0 Å². The number of rotatable bonds is 4. The molecule has 2 aromatic rings. The lowest BCUT2D eigenvalue weighted by molar-refractivity contribution is -0.384. The van der Waals surface area contributed by atoms with Gasteiger partial charge in [-0.15, -0.1) is 0 Å². The molecule has 0 saturated heterocycles. The van der Waals surface area contributed by atoms with Crippen molar-refractivity contribution in [1.29, 1.82) is 0 Å². The number of carbonyl (C=O) groups excluding carboxylic acids is 1. The van der Waals surface area contributed by atoms with Gasteiger partial charge in [-0.05, 0) is 39.7 Å². The Morgan fingerprint density at radius 1 is 1.35 bits per heavy atom. The van der Waals surface area contributed by atoms with E-state index in [9.17, 15) is 14.9 Å². The number of benzene rings is 1. The van der Waals surface area contributed by atoms with E-state index in [-0.39, 0.29) is 18.1 Å². The van der Waals surface area contributed by atoms with Crippen molar-refractivity contribution in [2.24, 2.45) is 0 Å². The number of nitro groups is 1. The van der Waals surface area contributed by atoms with Crippen molar-refractivity contribution in [3.05, 3.63) is 60.7 Å². The maximum atomic E-state index is 12.0. The van der Waals surface area contributed by atoms with Crippen molar-refractivity contribution in [1.82, 2.24) is 4.98 Å². The van der Waals surface area contributed by atoms with Crippen LogP contribution < -0.4 is 4.90 Å². The lowest BCUT2D eigenvalue weighted by Crippen LogP contribution is -2.29. The van der Waals surface area contributed by atoms with Crippen LogP contribution in [0.3, 0.4) is 0 Å². The van der Waals surface area contributed by atoms with Gasteiger partial charge in [0.1, 0.15) is 4.60 Å². The van der Waals surface area contributed by atoms with E-state index < -0.39 is 10.8 Å². The van der Waals surface area contributed by atoms with Gasteiger partial charge >= 0.3 is 5.69 Å². The molecule has 0 unspecified atom stereocenters. The Morgan fingerprint density at radius 3 is 2.61 bits per heavy atom. The Morgan fingerprint density at radius 2 is 2.04 bits per heavy atom. The van der Waals surface area contributed by atoms with E-state index in [0.29, 0.717) is 20.2 Å². The Hall–Kier alpha value is -1.70. The highest BCUT2D eigenvalue weighted by Gasteiger charge is 2.25. The molecule has 0 aliphatic carbocycles. The van der Waals surface area contributed by atoms with Crippen LogP contribution in [0.5, 0.6) is 0 Å². The van der Waals surface area contributed by atoms with Gasteiger partial charge in [-0.25, -0.2) is 4.98 Å². The van der Waals surface area contributed by atoms with E-state index in [2.05, 4.69) is 20.9 Å². The molecule has 23 heavy (non-hydrogen) atoms. The lowest BCUT2D eigenvalue weighted by Gasteiger charge is -2.20. The van der Waals surface area contributed by atoms with Gasteiger partial charge < -0.3 is 0 Å². The highest BCUT2D eigenvalue weighted by atomic mass is 79.9. The standard InChI is InChI=1S/C14H10BrCl2N3O3/c1-8(21)19(7-9-2-3-10(16)6-11(9)17)14-12(20(22)23)4-5-13(15)18-14/h2-6H,7H2,1H3. The van der Waals surface area contributed by atoms with Gasteiger partial charge in [-0.3, -0.25) is 19.8 Å². The summed E-state index contributed by atoms with van der Waals surface area (Å²) in [5, 5.41) is 12.0. The molecule has 6 nitrogen and oxygen atoms in total. The van der Waals surface area contributed by atoms with E-state index in [1.165, 1.54) is 24.0 Å². The Bertz CT molecular complexity index is 786. The van der Waals surface area contributed by atoms with Crippen LogP contribution in [0.15, 0.2) is 34.9 Å². The first-order chi connectivity index (χ1) is 10.8. The molecule has 0 spiro atoms. The van der Waals surface area contributed by atoms with E-state index in [1.807, 2.05) is 0 Å². The van der Waals surface area contributed by atoms with Crippen molar-refractivity contribution in [2.45, 2.75) is 13.5 Å². The lowest BCUT2D eigenvalue weighted by atomic mass is 10.2. The SMILES string of the molecule is CC(=O)N(Cc1ccc(Cl)cc1Cl)c1nc(Br)ccc1[N+](=O)[O-]. The Kier molecular flexibility index (Phi) is 5.56. The summed E-state index contributed by atoms with van der Waals surface area (Å²) in [4.78, 5) is 27.9. The number of carbonyl (C=O) groups is 1. The average molecular weight is 419 g/mol. The minimum absolute atomic E-state index is 0.0373. The maximum Gasteiger partial charge on any atom is 0.312 e. The first-order valence-corrected chi connectivity index (χ1v) is 7.87. The smallest absolute Gasteiger partial charge is 0.287 e. The molecular weight excluding hydrogens is 409 g/mol. The van der Waals surface area contributed by atoms with E-state index in [1.54, 1.807) is 18.2 Å². The monoisotopic (exact) mass is 417 g/mol. The predicted molar refractivity (Wildman–Crippen MR) is 91.9 cm³/mol. The van der Waals surface area contributed by atoms with Gasteiger partial charge in [0, 0.05) is 23.0 Å². The van der Waals surface area contributed by atoms with Gasteiger partial charge in [0.05, 0.1) is 11.5 Å². The first kappa shape index (κ1) is 17.7. The minimum atomic E-state index is -0.589. The Balaban J connectivity index is 2.49. The fourth-order valence-corrected chi connectivity index (χ4v) is 2.68. The number of nitrogens with zero attached hydrogens (tertiary/aromatic N) is 3. The van der Waals surface area contributed by atoms with Crippen molar-refractivity contribution in [3.63, 3.8) is 0 Å². The molecule has 1 aromatic carbocycles. The van der Waals surface area contributed by atoms with Crippen LogP contribution in [0.2, 0.25) is 10.0 Å². The molecule has 0 aliphatic rings. The second-order valence-corrected chi connectivity index (χ2v) is 6.23. The number of amides is 1. The maximum absolute atomic E-state index is 12.0. The molecule has 0 aliphatic heterocycles. The van der Waals surface area contributed by atoms with Gasteiger partial charge in [0.25, 0.3) is 0 Å². The third kappa shape index (κ3) is 4.19. The third-order valence-electron chi connectivity index (χ3n) is 3.00. The summed E-state index contributed by atoms with van der Waals surface area (Å²) in [6.45, 7) is 1.34. The van der Waals surface area contributed by atoms with Gasteiger partial charge in [-0.1, -0.05) is 29.3 Å². The zero-order chi connectivity index (χ0) is 17.1. The fourth-order valence-electron chi connectivity index (χ4n) is 1.91. The zero-order valence-corrected chi connectivity index (χ0v) is 14.9. The summed E-state index contributed by atoms with van der Waals surface area (Å²) >= 11 is 15.1. The molecule has 0 radical (unpaired) electrons. The molecule has 1 aromatic heterocycles. The zero-order valence-electron chi connectivity index (χ0n) is 11.8. The van der Waals surface area contributed by atoms with E-state index >= 15 is 0 Å². The number of halogens is 3. The molecule has 1 heterocycles. The summed E-state index contributed by atoms with van der Waals surface area (Å²) < 4.78 is 0.381. The number of pyridine rings is 1. The molecule has 0 saturated carbocycles. The van der Waals surface area contributed by atoms with Crippen LogP contribution in [0, 0.1) is 10.1 Å². The predicted octanol–water partition coefficient (Wildman–Crippen LogP) is 4.61. The quantitative estimate of drug-likeness (QED) is 0.412. The molecule has 0 bridgehead atoms. The summed E-state index contributed by atoms with van der Waals surface area (Å²) in [5.74, 6) is -0.451. The van der Waals surface area contributed by atoms with Crippen molar-refractivity contribution in [2.75, 3.05) is 4.90 Å². The minimum Gasteiger partial charge on any atom is -0.287 e. The highest BCUT2D eigenvalue weighted by Crippen LogP contribution is 2.31. The van der Waals surface area contributed by atoms with Gasteiger partial charge in [0.15, 0.2) is 0 Å². The van der Waals surface area contributed by atoms with Crippen LogP contribution in [0.25, 0.3) is 0 Å². The molecule has 2 rings (SSSR count). The summed E-state index contributed by atoms with van der Waals surface area (Å²) in [5.41, 5.74) is 0.329. The molecule has 0 fully saturated rings. The fraction of sp³-hybridized carbons (Fsp3) is 0.143. The molecule has 0 N–H and O–H groups in total. The normalized spacial score (nSPS) is 10.4. The van der Waals surface area contributed by atoms with Crippen molar-refractivity contribution < 1.29 is 9.72 Å². The number of hydrogen-bond donors (Lipinski definition) is 0. The van der Waals surface area contributed by atoms with Crippen molar-refractivity contribution in [3.8, 4) is 0 Å². The second kappa shape index (κ2) is 7.25. The molecular formula is C14H10BrCl2N3O3. The van der Waals surface area contributed by atoms with Crippen molar-refractivity contribution >= 4 is 56.5 Å². The molecule has 120 valence electrons. The van der Waals surface area contributed by atoms with Crippen LogP contribution in [0.4, 0.5) is 11.5 Å². The number of hydrogen-bond acceptors (Lipinski definition) is 4. The van der Waals surface area contributed by atoms with Crippen LogP contribution in [0.1, 0.15) is 12.5 Å². The Labute approximate surface area is 150 Å². The largest absolute Gasteiger partial charge is 0.312 e. The first-order valence-electron chi connectivity index (χ1n) is 6.32. The van der Waals surface area contributed by atoms with E-state index in [4.69, 9.17) is 23.2 Å². The number of anilines is 1. The topological polar surface area (TPSA) is 76.3 Å². The summed E-state index contributed by atoms with van der Waals surface area (Å²) in [6, 6.07) is 7.55. The number of aromatic nitrogens is 1. The van der Waals surface area contributed by atoms with Crippen LogP contribution in [-0.4, -0.2) is 15.8 Å². The highest BCUT2D eigenvalue weighted by molar-refractivity contribution is 9.10. The molecule has 9 heteroatoms. The summed E-state index contributed by atoms with van der Waals surface area (Å²) in [7, 11) is 0. The summed E-state index contributed by atoms with van der Waals surface area (Å²) in [6.07, 6.45) is 0. The molecule has 1 amide bonds. The van der Waals surface area contributed by atoms with Gasteiger partial charge in [-0.2, -0.15) is 0 Å². The van der Waals surface area contributed by atoms with Gasteiger partial charge in [0.2, 0.25) is 11.7 Å². The average Bonchev–Trinajstić information content (AvgIpc) is 2.45.